The fourth-order valence-electron chi connectivity index (χ4n) is 1.97. The van der Waals surface area contributed by atoms with Crippen LogP contribution in [0.15, 0.2) is 42.7 Å². The van der Waals surface area contributed by atoms with Gasteiger partial charge in [-0.1, -0.05) is 12.1 Å². The fraction of sp³-hybridized carbons (Fsp3) is 0.250. The molecule has 0 aliphatic carbocycles. The lowest BCUT2D eigenvalue weighted by atomic mass is 10.1. The highest BCUT2D eigenvalue weighted by Gasteiger charge is 2.06. The number of carbonyl (C=O) groups is 1. The Bertz CT molecular complexity index is 579. The lowest BCUT2D eigenvalue weighted by molar-refractivity contribution is 0.0951. The van der Waals surface area contributed by atoms with Gasteiger partial charge in [-0.3, -0.25) is 9.78 Å². The number of benzene rings is 1. The number of amides is 1. The van der Waals surface area contributed by atoms with Crippen LogP contribution in [0.25, 0.3) is 0 Å². The Labute approximate surface area is 119 Å². The molecule has 1 aromatic heterocycles. The first-order valence-electron chi connectivity index (χ1n) is 6.67. The fourth-order valence-corrected chi connectivity index (χ4v) is 1.97. The maximum atomic E-state index is 12.0. The van der Waals surface area contributed by atoms with E-state index in [2.05, 4.69) is 10.3 Å². The molecule has 0 bridgehead atoms. The molecule has 104 valence electrons. The molecule has 0 atom stereocenters. The molecule has 1 amide bonds. The van der Waals surface area contributed by atoms with Crippen molar-refractivity contribution in [2.24, 2.45) is 5.73 Å². The van der Waals surface area contributed by atoms with E-state index in [4.69, 9.17) is 5.73 Å². The molecule has 4 nitrogen and oxygen atoms in total. The summed E-state index contributed by atoms with van der Waals surface area (Å²) in [6.07, 6.45) is 4.36. The minimum Gasteiger partial charge on any atom is -0.348 e. The van der Waals surface area contributed by atoms with Gasteiger partial charge in [-0.15, -0.1) is 0 Å². The topological polar surface area (TPSA) is 68.0 Å². The Kier molecular flexibility index (Phi) is 4.85. The van der Waals surface area contributed by atoms with Gasteiger partial charge in [-0.05, 0) is 54.8 Å². The predicted octanol–water partition coefficient (Wildman–Crippen LogP) is 1.82. The van der Waals surface area contributed by atoms with Crippen LogP contribution >= 0.6 is 0 Å². The molecule has 0 radical (unpaired) electrons. The average molecular weight is 269 g/mol. The van der Waals surface area contributed by atoms with Crippen LogP contribution < -0.4 is 11.1 Å². The summed E-state index contributed by atoms with van der Waals surface area (Å²) in [4.78, 5) is 16.1. The van der Waals surface area contributed by atoms with Crippen molar-refractivity contribution in [3.8, 4) is 0 Å². The summed E-state index contributed by atoms with van der Waals surface area (Å²) in [5.74, 6) is -0.0690. The van der Waals surface area contributed by atoms with E-state index < -0.39 is 0 Å². The molecule has 0 aliphatic heterocycles. The molecule has 1 aromatic carbocycles. The van der Waals surface area contributed by atoms with Gasteiger partial charge in [0.05, 0.1) is 0 Å². The summed E-state index contributed by atoms with van der Waals surface area (Å²) >= 11 is 0. The molecular weight excluding hydrogens is 250 g/mol. The third-order valence-corrected chi connectivity index (χ3v) is 3.23. The minimum absolute atomic E-state index is 0.0690. The van der Waals surface area contributed by atoms with E-state index in [-0.39, 0.29) is 5.91 Å². The maximum absolute atomic E-state index is 12.0. The SMILES string of the molecule is Cc1cnccc1CNC(=O)c1ccc(CCN)cc1. The second-order valence-electron chi connectivity index (χ2n) is 4.72. The highest BCUT2D eigenvalue weighted by Crippen LogP contribution is 2.07. The number of carbonyl (C=O) groups excluding carboxylic acids is 1. The van der Waals surface area contributed by atoms with Crippen molar-refractivity contribution in [3.05, 3.63) is 65.0 Å². The normalized spacial score (nSPS) is 10.3. The van der Waals surface area contributed by atoms with Gasteiger partial charge >= 0.3 is 0 Å². The van der Waals surface area contributed by atoms with E-state index in [0.717, 1.165) is 23.1 Å². The smallest absolute Gasteiger partial charge is 0.251 e. The molecule has 0 aliphatic rings. The lowest BCUT2D eigenvalue weighted by Crippen LogP contribution is -2.23. The van der Waals surface area contributed by atoms with Crippen LogP contribution in [0.5, 0.6) is 0 Å². The number of hydrogen-bond donors (Lipinski definition) is 2. The monoisotopic (exact) mass is 269 g/mol. The van der Waals surface area contributed by atoms with Crippen LogP contribution in [0.4, 0.5) is 0 Å². The van der Waals surface area contributed by atoms with Gasteiger partial charge in [0, 0.05) is 24.5 Å². The van der Waals surface area contributed by atoms with Gasteiger partial charge in [0.2, 0.25) is 0 Å². The molecule has 4 heteroatoms. The lowest BCUT2D eigenvalue weighted by Gasteiger charge is -2.08. The van der Waals surface area contributed by atoms with E-state index in [0.29, 0.717) is 18.7 Å². The number of pyridine rings is 1. The number of aromatic nitrogens is 1. The highest BCUT2D eigenvalue weighted by atomic mass is 16.1. The van der Waals surface area contributed by atoms with Gasteiger partial charge < -0.3 is 11.1 Å². The Morgan fingerprint density at radius 3 is 2.65 bits per heavy atom. The Hall–Kier alpha value is -2.20. The van der Waals surface area contributed by atoms with Crippen molar-refractivity contribution >= 4 is 5.91 Å². The molecule has 3 N–H and O–H groups in total. The highest BCUT2D eigenvalue weighted by molar-refractivity contribution is 5.94. The molecule has 1 heterocycles. The van der Waals surface area contributed by atoms with Gasteiger partial charge in [0.15, 0.2) is 0 Å². The van der Waals surface area contributed by atoms with Crippen molar-refractivity contribution in [2.75, 3.05) is 6.54 Å². The van der Waals surface area contributed by atoms with Crippen molar-refractivity contribution < 1.29 is 4.79 Å². The molecule has 0 unspecified atom stereocenters. The van der Waals surface area contributed by atoms with Crippen LogP contribution in [0.3, 0.4) is 0 Å². The predicted molar refractivity (Wildman–Crippen MR) is 79.3 cm³/mol. The molecule has 0 saturated carbocycles. The van der Waals surface area contributed by atoms with Crippen molar-refractivity contribution in [1.29, 1.82) is 0 Å². The summed E-state index contributed by atoms with van der Waals surface area (Å²) in [6.45, 7) is 3.11. The number of nitrogens with two attached hydrogens (primary N) is 1. The third kappa shape index (κ3) is 3.65. The average Bonchev–Trinajstić information content (AvgIpc) is 2.47. The zero-order chi connectivity index (χ0) is 14.4. The van der Waals surface area contributed by atoms with Crippen LogP contribution in [-0.4, -0.2) is 17.4 Å². The zero-order valence-corrected chi connectivity index (χ0v) is 11.6. The molecule has 0 saturated heterocycles. The van der Waals surface area contributed by atoms with Gasteiger partial charge in [-0.25, -0.2) is 0 Å². The second kappa shape index (κ2) is 6.82. The van der Waals surface area contributed by atoms with Crippen molar-refractivity contribution in [2.45, 2.75) is 19.9 Å². The quantitative estimate of drug-likeness (QED) is 0.870. The van der Waals surface area contributed by atoms with E-state index in [1.807, 2.05) is 37.3 Å². The van der Waals surface area contributed by atoms with Crippen LogP contribution in [0.2, 0.25) is 0 Å². The maximum Gasteiger partial charge on any atom is 0.251 e. The van der Waals surface area contributed by atoms with E-state index in [1.165, 1.54) is 0 Å². The number of nitrogens with one attached hydrogen (secondary N) is 1. The first-order chi connectivity index (χ1) is 9.70. The van der Waals surface area contributed by atoms with Gasteiger partial charge in [0.25, 0.3) is 5.91 Å². The number of hydrogen-bond acceptors (Lipinski definition) is 3. The van der Waals surface area contributed by atoms with Gasteiger partial charge in [-0.2, -0.15) is 0 Å². The second-order valence-corrected chi connectivity index (χ2v) is 4.72. The first kappa shape index (κ1) is 14.2. The Morgan fingerprint density at radius 1 is 1.25 bits per heavy atom. The molecule has 2 aromatic rings. The number of rotatable bonds is 5. The molecule has 20 heavy (non-hydrogen) atoms. The molecule has 0 spiro atoms. The minimum atomic E-state index is -0.0690. The molecule has 0 fully saturated rings. The van der Waals surface area contributed by atoms with E-state index in [1.54, 1.807) is 12.4 Å². The molecular formula is C16H19N3O. The Morgan fingerprint density at radius 2 is 2.00 bits per heavy atom. The van der Waals surface area contributed by atoms with Gasteiger partial charge in [0.1, 0.15) is 0 Å². The van der Waals surface area contributed by atoms with Crippen molar-refractivity contribution in [1.82, 2.24) is 10.3 Å². The summed E-state index contributed by atoms with van der Waals surface area (Å²) < 4.78 is 0. The van der Waals surface area contributed by atoms with E-state index >= 15 is 0 Å². The standard InChI is InChI=1S/C16H19N3O/c1-12-10-18-9-7-15(12)11-19-16(20)14-4-2-13(3-5-14)6-8-17/h2-5,7,9-10H,6,8,11,17H2,1H3,(H,19,20). The summed E-state index contributed by atoms with van der Waals surface area (Å²) in [5.41, 5.74) is 9.46. The number of aryl methyl sites for hydroxylation is 1. The summed E-state index contributed by atoms with van der Waals surface area (Å²) in [7, 11) is 0. The summed E-state index contributed by atoms with van der Waals surface area (Å²) in [6, 6.07) is 9.47. The molecule has 2 rings (SSSR count). The zero-order valence-electron chi connectivity index (χ0n) is 11.6. The van der Waals surface area contributed by atoms with E-state index in [9.17, 15) is 4.79 Å². The number of nitrogens with zero attached hydrogens (tertiary/aromatic N) is 1. The van der Waals surface area contributed by atoms with Crippen LogP contribution in [0, 0.1) is 6.92 Å². The van der Waals surface area contributed by atoms with Crippen molar-refractivity contribution in [3.63, 3.8) is 0 Å². The largest absolute Gasteiger partial charge is 0.348 e. The van der Waals surface area contributed by atoms with Crippen LogP contribution in [0.1, 0.15) is 27.0 Å². The van der Waals surface area contributed by atoms with Crippen LogP contribution in [-0.2, 0) is 13.0 Å². The first-order valence-corrected chi connectivity index (χ1v) is 6.67. The summed E-state index contributed by atoms with van der Waals surface area (Å²) in [5, 5.41) is 2.92. The third-order valence-electron chi connectivity index (χ3n) is 3.23. The Balaban J connectivity index is 1.96.